The number of urea groups is 1. The second-order valence-corrected chi connectivity index (χ2v) is 8.19. The van der Waals surface area contributed by atoms with Crippen LogP contribution in [0.3, 0.4) is 0 Å². The van der Waals surface area contributed by atoms with Gasteiger partial charge in [0.05, 0.1) is 16.3 Å². The van der Waals surface area contributed by atoms with Crippen molar-refractivity contribution in [3.8, 4) is 0 Å². The molecule has 0 unspecified atom stereocenters. The summed E-state index contributed by atoms with van der Waals surface area (Å²) in [7, 11) is 1.91. The Bertz CT molecular complexity index is 736. The summed E-state index contributed by atoms with van der Waals surface area (Å²) < 4.78 is 7.06. The van der Waals surface area contributed by atoms with Crippen LogP contribution < -0.4 is 5.32 Å². The highest BCUT2D eigenvalue weighted by molar-refractivity contribution is 7.22. The van der Waals surface area contributed by atoms with Crippen molar-refractivity contribution in [2.24, 2.45) is 5.41 Å². The summed E-state index contributed by atoms with van der Waals surface area (Å²) in [6.07, 6.45) is 6.07. The molecule has 1 heterocycles. The molecule has 2 amide bonds. The lowest BCUT2D eigenvalue weighted by Crippen LogP contribution is -2.64. The van der Waals surface area contributed by atoms with E-state index in [4.69, 9.17) is 4.74 Å². The Morgan fingerprint density at radius 3 is 2.88 bits per heavy atom. The Morgan fingerprint density at radius 2 is 2.16 bits per heavy atom. The van der Waals surface area contributed by atoms with Gasteiger partial charge in [-0.15, -0.1) is 0 Å². The first-order valence-corrected chi connectivity index (χ1v) is 9.96. The van der Waals surface area contributed by atoms with Crippen molar-refractivity contribution in [1.29, 1.82) is 0 Å². The maximum Gasteiger partial charge on any atom is 0.323 e. The van der Waals surface area contributed by atoms with E-state index >= 15 is 0 Å². The van der Waals surface area contributed by atoms with E-state index in [-0.39, 0.29) is 17.5 Å². The van der Waals surface area contributed by atoms with Crippen molar-refractivity contribution in [2.75, 3.05) is 19.0 Å². The van der Waals surface area contributed by atoms with Gasteiger partial charge in [0.25, 0.3) is 0 Å². The van der Waals surface area contributed by atoms with Crippen LogP contribution in [0.5, 0.6) is 0 Å². The van der Waals surface area contributed by atoms with Gasteiger partial charge in [-0.3, -0.25) is 5.32 Å². The molecule has 0 aliphatic heterocycles. The molecule has 2 atom stereocenters. The van der Waals surface area contributed by atoms with Gasteiger partial charge >= 0.3 is 6.03 Å². The number of fused-ring (bicyclic) bond motifs is 1. The number of carbonyl (C=O) groups is 1. The molecule has 5 nitrogen and oxygen atoms in total. The van der Waals surface area contributed by atoms with Gasteiger partial charge in [-0.05, 0) is 38.3 Å². The highest BCUT2D eigenvalue weighted by Gasteiger charge is 2.58. The second-order valence-electron chi connectivity index (χ2n) is 7.16. The normalized spacial score (nSPS) is 24.4. The van der Waals surface area contributed by atoms with Gasteiger partial charge < -0.3 is 9.64 Å². The SMILES string of the molecule is CCO[C@H]1C[C@@H](N(C)C(=O)Nc2nc3ccccc3s2)C12CCCC2. The van der Waals surface area contributed by atoms with Crippen LogP contribution in [0.1, 0.15) is 39.0 Å². The first-order valence-electron chi connectivity index (χ1n) is 9.15. The first kappa shape index (κ1) is 16.8. The molecule has 2 aliphatic carbocycles. The predicted molar refractivity (Wildman–Crippen MR) is 101 cm³/mol. The minimum absolute atomic E-state index is 0.0646. The first-order chi connectivity index (χ1) is 12.1. The molecule has 1 aromatic carbocycles. The van der Waals surface area contributed by atoms with Gasteiger partial charge in [0.1, 0.15) is 0 Å². The largest absolute Gasteiger partial charge is 0.378 e. The third-order valence-corrected chi connectivity index (χ3v) is 6.89. The fourth-order valence-electron chi connectivity index (χ4n) is 4.64. The van der Waals surface area contributed by atoms with Crippen molar-refractivity contribution in [3.05, 3.63) is 24.3 Å². The molecule has 2 aromatic rings. The van der Waals surface area contributed by atoms with E-state index in [1.165, 1.54) is 37.0 Å². The lowest BCUT2D eigenvalue weighted by molar-refractivity contribution is -0.150. The van der Waals surface area contributed by atoms with E-state index < -0.39 is 0 Å². The quantitative estimate of drug-likeness (QED) is 0.874. The van der Waals surface area contributed by atoms with Crippen LogP contribution in [-0.4, -0.2) is 41.7 Å². The number of nitrogens with zero attached hydrogens (tertiary/aromatic N) is 2. The molecular formula is C19H25N3O2S. The van der Waals surface area contributed by atoms with Crippen LogP contribution in [-0.2, 0) is 4.74 Å². The van der Waals surface area contributed by atoms with Gasteiger partial charge in [0.2, 0.25) is 0 Å². The van der Waals surface area contributed by atoms with Crippen molar-refractivity contribution in [2.45, 2.75) is 51.2 Å². The molecular weight excluding hydrogens is 334 g/mol. The maximum absolute atomic E-state index is 12.8. The van der Waals surface area contributed by atoms with E-state index in [1.54, 1.807) is 0 Å². The van der Waals surface area contributed by atoms with Crippen LogP contribution in [0, 0.1) is 5.41 Å². The van der Waals surface area contributed by atoms with Gasteiger partial charge in [-0.25, -0.2) is 9.78 Å². The number of anilines is 1. The molecule has 6 heteroatoms. The number of aromatic nitrogens is 1. The third kappa shape index (κ3) is 2.81. The van der Waals surface area contributed by atoms with Crippen LogP contribution in [0.2, 0.25) is 0 Å². The number of rotatable bonds is 4. The van der Waals surface area contributed by atoms with Crippen LogP contribution in [0.4, 0.5) is 9.93 Å². The Kier molecular flexibility index (Phi) is 4.41. The van der Waals surface area contributed by atoms with Crippen molar-refractivity contribution in [1.82, 2.24) is 9.88 Å². The number of benzene rings is 1. The molecule has 0 saturated heterocycles. The summed E-state index contributed by atoms with van der Waals surface area (Å²) >= 11 is 1.52. The van der Waals surface area contributed by atoms with Crippen molar-refractivity contribution >= 4 is 32.7 Å². The third-order valence-electron chi connectivity index (χ3n) is 5.94. The van der Waals surface area contributed by atoms with Gasteiger partial charge in [0, 0.05) is 25.1 Å². The van der Waals surface area contributed by atoms with Crippen LogP contribution >= 0.6 is 11.3 Å². The number of hydrogen-bond donors (Lipinski definition) is 1. The maximum atomic E-state index is 12.8. The number of nitrogens with one attached hydrogen (secondary N) is 1. The topological polar surface area (TPSA) is 54.5 Å². The fraction of sp³-hybridized carbons (Fsp3) is 0.579. The fourth-order valence-corrected chi connectivity index (χ4v) is 5.50. The van der Waals surface area contributed by atoms with Crippen molar-refractivity contribution in [3.63, 3.8) is 0 Å². The standard InChI is InChI=1S/C19H25N3O2S/c1-3-24-16-12-15(19(16)10-6-7-11-19)22(2)18(23)21-17-20-13-8-4-5-9-14(13)25-17/h4-5,8-9,15-16H,3,6-7,10-12H2,1-2H3,(H,20,21,23)/t15-,16+/m1/s1. The van der Waals surface area contributed by atoms with Gasteiger partial charge in [0.15, 0.2) is 5.13 Å². The Morgan fingerprint density at radius 1 is 1.40 bits per heavy atom. The number of para-hydroxylation sites is 1. The summed E-state index contributed by atoms with van der Waals surface area (Å²) in [6, 6.07) is 8.15. The molecule has 0 bridgehead atoms. The van der Waals surface area contributed by atoms with E-state index in [0.29, 0.717) is 11.2 Å². The van der Waals surface area contributed by atoms with Crippen LogP contribution in [0.25, 0.3) is 10.2 Å². The molecule has 25 heavy (non-hydrogen) atoms. The van der Waals surface area contributed by atoms with Crippen molar-refractivity contribution < 1.29 is 9.53 Å². The molecule has 2 saturated carbocycles. The predicted octanol–water partition coefficient (Wildman–Crippen LogP) is 4.50. The Balaban J connectivity index is 1.46. The average molecular weight is 359 g/mol. The molecule has 1 N–H and O–H groups in total. The molecule has 1 aromatic heterocycles. The lowest BCUT2D eigenvalue weighted by atomic mass is 9.60. The molecule has 2 aliphatic rings. The number of ether oxygens (including phenoxy) is 1. The summed E-state index contributed by atoms with van der Waals surface area (Å²) in [4.78, 5) is 19.2. The van der Waals surface area contributed by atoms with Gasteiger partial charge in [-0.2, -0.15) is 0 Å². The molecule has 1 spiro atoms. The zero-order valence-electron chi connectivity index (χ0n) is 14.8. The summed E-state index contributed by atoms with van der Waals surface area (Å²) in [5.41, 5.74) is 1.09. The van der Waals surface area contributed by atoms with E-state index in [9.17, 15) is 4.79 Å². The summed E-state index contributed by atoms with van der Waals surface area (Å²) in [6.45, 7) is 2.81. The second kappa shape index (κ2) is 6.57. The van der Waals surface area contributed by atoms with E-state index in [0.717, 1.165) is 23.2 Å². The van der Waals surface area contributed by atoms with E-state index in [1.807, 2.05) is 36.2 Å². The smallest absolute Gasteiger partial charge is 0.323 e. The average Bonchev–Trinajstić information content (AvgIpc) is 3.25. The minimum Gasteiger partial charge on any atom is -0.378 e. The minimum atomic E-state index is -0.0646. The van der Waals surface area contributed by atoms with E-state index in [2.05, 4.69) is 17.2 Å². The number of carbonyl (C=O) groups excluding carboxylic acids is 1. The highest BCUT2D eigenvalue weighted by Crippen LogP contribution is 2.56. The highest BCUT2D eigenvalue weighted by atomic mass is 32.1. The molecule has 0 radical (unpaired) electrons. The molecule has 2 fully saturated rings. The van der Waals surface area contributed by atoms with Gasteiger partial charge in [-0.1, -0.05) is 36.3 Å². The zero-order chi connectivity index (χ0) is 17.4. The number of hydrogen-bond acceptors (Lipinski definition) is 4. The Labute approximate surface area is 152 Å². The monoisotopic (exact) mass is 359 g/mol. The number of amides is 2. The summed E-state index contributed by atoms with van der Waals surface area (Å²) in [5.74, 6) is 0. The Hall–Kier alpha value is -1.66. The molecule has 134 valence electrons. The molecule has 4 rings (SSSR count). The number of thiazole rings is 1. The summed E-state index contributed by atoms with van der Waals surface area (Å²) in [5, 5.41) is 3.65. The lowest BCUT2D eigenvalue weighted by Gasteiger charge is -2.56. The zero-order valence-corrected chi connectivity index (χ0v) is 15.6. The van der Waals surface area contributed by atoms with Crippen LogP contribution in [0.15, 0.2) is 24.3 Å².